The lowest BCUT2D eigenvalue weighted by Crippen LogP contribution is -2.19. The smallest absolute Gasteiger partial charge is 0.328 e. The van der Waals surface area contributed by atoms with Crippen molar-refractivity contribution >= 4 is 5.97 Å². The third-order valence-corrected chi connectivity index (χ3v) is 5.07. The van der Waals surface area contributed by atoms with E-state index in [0.717, 1.165) is 24.8 Å². The predicted octanol–water partition coefficient (Wildman–Crippen LogP) is 6.14. The number of aliphatic carboxylic acids is 1. The van der Waals surface area contributed by atoms with Crippen LogP contribution >= 0.6 is 0 Å². The van der Waals surface area contributed by atoms with Gasteiger partial charge in [0.25, 0.3) is 0 Å². The summed E-state index contributed by atoms with van der Waals surface area (Å²) < 4.78 is 0. The van der Waals surface area contributed by atoms with Gasteiger partial charge in [-0.15, -0.1) is 0 Å². The zero-order chi connectivity index (χ0) is 17.7. The molecular formula is C22H30O2. The highest BCUT2D eigenvalue weighted by atomic mass is 16.4. The highest BCUT2D eigenvalue weighted by Crippen LogP contribution is 2.41. The van der Waals surface area contributed by atoms with Crippen molar-refractivity contribution in [3.63, 3.8) is 0 Å². The summed E-state index contributed by atoms with van der Waals surface area (Å²) in [7, 11) is 0. The molecule has 0 heterocycles. The first-order valence-corrected chi connectivity index (χ1v) is 8.98. The van der Waals surface area contributed by atoms with Crippen LogP contribution in [0.1, 0.15) is 66.2 Å². The maximum atomic E-state index is 10.7. The molecule has 0 amide bonds. The molecule has 2 heteroatoms. The lowest BCUT2D eigenvalue weighted by molar-refractivity contribution is -0.131. The summed E-state index contributed by atoms with van der Waals surface area (Å²) in [6, 6.07) is 0. The summed E-state index contributed by atoms with van der Waals surface area (Å²) in [4.78, 5) is 10.7. The molecule has 0 saturated heterocycles. The van der Waals surface area contributed by atoms with Crippen molar-refractivity contribution in [2.45, 2.75) is 66.2 Å². The fourth-order valence-corrected chi connectivity index (χ4v) is 3.85. The van der Waals surface area contributed by atoms with Gasteiger partial charge < -0.3 is 5.11 Å². The van der Waals surface area contributed by atoms with E-state index in [9.17, 15) is 4.79 Å². The normalized spacial score (nSPS) is 23.8. The van der Waals surface area contributed by atoms with Gasteiger partial charge in [-0.25, -0.2) is 4.79 Å². The van der Waals surface area contributed by atoms with Crippen LogP contribution in [0.2, 0.25) is 0 Å². The molecule has 130 valence electrons. The van der Waals surface area contributed by atoms with Crippen LogP contribution in [0.15, 0.2) is 58.2 Å². The Balaban J connectivity index is 2.20. The van der Waals surface area contributed by atoms with E-state index < -0.39 is 5.97 Å². The first kappa shape index (κ1) is 18.5. The average Bonchev–Trinajstić information content (AvgIpc) is 2.45. The Kier molecular flexibility index (Phi) is 6.04. The third-order valence-electron chi connectivity index (χ3n) is 5.07. The van der Waals surface area contributed by atoms with Gasteiger partial charge in [-0.05, 0) is 80.1 Å². The minimum atomic E-state index is -0.883. The highest BCUT2D eigenvalue weighted by molar-refractivity contribution is 5.81. The Labute approximate surface area is 146 Å². The molecule has 0 saturated carbocycles. The van der Waals surface area contributed by atoms with Crippen LogP contribution in [-0.4, -0.2) is 11.1 Å². The molecule has 1 N–H and O–H groups in total. The van der Waals surface area contributed by atoms with Crippen molar-refractivity contribution in [3.8, 4) is 0 Å². The van der Waals surface area contributed by atoms with Crippen LogP contribution in [0, 0.1) is 5.41 Å². The molecule has 0 spiro atoms. The molecular weight excluding hydrogens is 296 g/mol. The minimum Gasteiger partial charge on any atom is -0.478 e. The van der Waals surface area contributed by atoms with Gasteiger partial charge >= 0.3 is 5.97 Å². The molecule has 2 aliphatic rings. The number of carbonyl (C=O) groups is 1. The van der Waals surface area contributed by atoms with E-state index in [-0.39, 0.29) is 5.41 Å². The number of carboxylic acids is 1. The van der Waals surface area contributed by atoms with Gasteiger partial charge in [-0.3, -0.25) is 0 Å². The molecule has 0 unspecified atom stereocenters. The van der Waals surface area contributed by atoms with Gasteiger partial charge in [0, 0.05) is 6.08 Å². The molecule has 24 heavy (non-hydrogen) atoms. The molecule has 0 aliphatic heterocycles. The zero-order valence-corrected chi connectivity index (χ0v) is 15.5. The predicted molar refractivity (Wildman–Crippen MR) is 101 cm³/mol. The van der Waals surface area contributed by atoms with Gasteiger partial charge in [-0.2, -0.15) is 0 Å². The molecule has 2 aliphatic carbocycles. The summed E-state index contributed by atoms with van der Waals surface area (Å²) in [5.74, 6) is -0.883. The fraction of sp³-hybridized carbons (Fsp3) is 0.500. The quantitative estimate of drug-likeness (QED) is 0.630. The van der Waals surface area contributed by atoms with E-state index in [2.05, 4.69) is 39.0 Å². The number of hydrogen-bond donors (Lipinski definition) is 1. The summed E-state index contributed by atoms with van der Waals surface area (Å²) in [5.41, 5.74) is 6.66. The maximum absolute atomic E-state index is 10.7. The Bertz CT molecular complexity index is 651. The highest BCUT2D eigenvalue weighted by Gasteiger charge is 2.26. The monoisotopic (exact) mass is 326 g/mol. The fourth-order valence-electron chi connectivity index (χ4n) is 3.85. The number of allylic oxidation sites excluding steroid dienone is 9. The van der Waals surface area contributed by atoms with Crippen LogP contribution in [0.3, 0.4) is 0 Å². The first-order valence-electron chi connectivity index (χ1n) is 8.98. The van der Waals surface area contributed by atoms with E-state index in [4.69, 9.17) is 5.11 Å². The summed E-state index contributed by atoms with van der Waals surface area (Å²) in [5, 5.41) is 8.83. The topological polar surface area (TPSA) is 37.3 Å². The molecule has 0 bridgehead atoms. The van der Waals surface area contributed by atoms with E-state index in [1.807, 2.05) is 13.0 Å². The van der Waals surface area contributed by atoms with Crippen molar-refractivity contribution in [1.29, 1.82) is 0 Å². The Morgan fingerprint density at radius 2 is 1.92 bits per heavy atom. The standard InChI is InChI=1S/C22H30O2/c1-16(14-21(23)24)13-19-9-5-8-18(15-19)10-11-20-17(2)7-6-12-22(20,3)4/h10-11,13-15H,5-9,12H2,1-4H3,(H,23,24)/b11-10+,16-14-,19-13+. The van der Waals surface area contributed by atoms with Gasteiger partial charge in [-0.1, -0.05) is 43.7 Å². The second kappa shape index (κ2) is 7.83. The number of hydrogen-bond acceptors (Lipinski definition) is 1. The van der Waals surface area contributed by atoms with E-state index >= 15 is 0 Å². The molecule has 0 radical (unpaired) electrons. The molecule has 0 aromatic heterocycles. The van der Waals surface area contributed by atoms with E-state index in [1.165, 1.54) is 47.6 Å². The van der Waals surface area contributed by atoms with Crippen LogP contribution in [0.4, 0.5) is 0 Å². The minimum absolute atomic E-state index is 0.271. The van der Waals surface area contributed by atoms with E-state index in [1.54, 1.807) is 0 Å². The zero-order valence-electron chi connectivity index (χ0n) is 15.5. The number of rotatable bonds is 4. The Morgan fingerprint density at radius 3 is 2.58 bits per heavy atom. The average molecular weight is 326 g/mol. The lowest BCUT2D eigenvalue weighted by atomic mass is 9.72. The maximum Gasteiger partial charge on any atom is 0.328 e. The van der Waals surface area contributed by atoms with Crippen LogP contribution in [0.5, 0.6) is 0 Å². The molecule has 2 nitrogen and oxygen atoms in total. The van der Waals surface area contributed by atoms with Crippen molar-refractivity contribution in [3.05, 3.63) is 58.2 Å². The van der Waals surface area contributed by atoms with Gasteiger partial charge in [0.2, 0.25) is 0 Å². The van der Waals surface area contributed by atoms with Crippen LogP contribution in [0.25, 0.3) is 0 Å². The SMILES string of the molecule is CC1=C(/C=C/C2=CC(=C/C(C)=C\C(=O)O)/CCC2)C(C)(C)CCC1. The lowest BCUT2D eigenvalue weighted by Gasteiger charge is -2.33. The van der Waals surface area contributed by atoms with Crippen molar-refractivity contribution in [2.75, 3.05) is 0 Å². The van der Waals surface area contributed by atoms with E-state index in [0.29, 0.717) is 0 Å². The summed E-state index contributed by atoms with van der Waals surface area (Å²) in [6.45, 7) is 8.80. The number of carboxylic acid groups (broad SMARTS) is 1. The van der Waals surface area contributed by atoms with Crippen LogP contribution in [-0.2, 0) is 4.79 Å². The molecule has 0 aromatic rings. The summed E-state index contributed by atoms with van der Waals surface area (Å²) >= 11 is 0. The van der Waals surface area contributed by atoms with Crippen molar-refractivity contribution in [2.24, 2.45) is 5.41 Å². The van der Waals surface area contributed by atoms with Crippen molar-refractivity contribution in [1.82, 2.24) is 0 Å². The molecule has 0 aromatic carbocycles. The first-order chi connectivity index (χ1) is 11.3. The largest absolute Gasteiger partial charge is 0.478 e. The second-order valence-corrected chi connectivity index (χ2v) is 7.78. The second-order valence-electron chi connectivity index (χ2n) is 7.78. The third kappa shape index (κ3) is 5.09. The Hall–Kier alpha value is -1.83. The van der Waals surface area contributed by atoms with Gasteiger partial charge in [0.1, 0.15) is 0 Å². The molecule has 0 fully saturated rings. The molecule has 2 rings (SSSR count). The summed E-state index contributed by atoms with van der Waals surface area (Å²) in [6.07, 6.45) is 17.1. The molecule has 0 atom stereocenters. The van der Waals surface area contributed by atoms with Crippen molar-refractivity contribution < 1.29 is 9.90 Å². The van der Waals surface area contributed by atoms with Gasteiger partial charge in [0.05, 0.1) is 0 Å². The van der Waals surface area contributed by atoms with Gasteiger partial charge in [0.15, 0.2) is 0 Å². The van der Waals surface area contributed by atoms with Crippen LogP contribution < -0.4 is 0 Å². The Morgan fingerprint density at radius 1 is 1.17 bits per heavy atom.